The van der Waals surface area contributed by atoms with E-state index in [2.05, 4.69) is 13.5 Å². The Morgan fingerprint density at radius 1 is 1.02 bits per heavy atom. The molecule has 11 heteroatoms. The number of ether oxygens (including phenoxy) is 7. The molecule has 8 aliphatic rings. The average Bonchev–Trinajstić information content (AvgIpc) is 3.43. The van der Waals surface area contributed by atoms with Crippen molar-refractivity contribution in [2.45, 2.75) is 138 Å². The van der Waals surface area contributed by atoms with E-state index in [1.54, 1.807) is 6.92 Å². The van der Waals surface area contributed by atoms with E-state index in [0.717, 1.165) is 38.5 Å². The molecule has 2 N–H and O–H groups in total. The summed E-state index contributed by atoms with van der Waals surface area (Å²) in [5, 5.41) is 23.2. The Balaban J connectivity index is 1.45. The monoisotopic (exact) mass is 604 g/mol. The molecule has 0 aromatic rings. The Bertz CT molecular complexity index is 1290. The summed E-state index contributed by atoms with van der Waals surface area (Å²) in [6.45, 7) is 12.9. The van der Waals surface area contributed by atoms with Gasteiger partial charge >= 0.3 is 11.9 Å². The minimum atomic E-state index is -1.89. The lowest BCUT2D eigenvalue weighted by molar-refractivity contribution is -0.436. The minimum absolute atomic E-state index is 0.0153. The zero-order valence-electron chi connectivity index (χ0n) is 25.6. The maximum atomic E-state index is 14.2. The number of hydrogen-bond acceptors (Lipinski definition) is 11. The molecular weight excluding hydrogens is 560 g/mol. The van der Waals surface area contributed by atoms with Crippen LogP contribution in [0.5, 0.6) is 0 Å². The van der Waals surface area contributed by atoms with Gasteiger partial charge in [0.2, 0.25) is 11.4 Å². The molecule has 0 aromatic heterocycles. The summed E-state index contributed by atoms with van der Waals surface area (Å²) in [7, 11) is 0. The summed E-state index contributed by atoms with van der Waals surface area (Å²) in [5.74, 6) is -6.35. The number of hydrogen-bond donors (Lipinski definition) is 2. The van der Waals surface area contributed by atoms with Gasteiger partial charge in [-0.25, -0.2) is 4.79 Å². The first kappa shape index (κ1) is 28.8. The lowest BCUT2D eigenvalue weighted by Crippen LogP contribution is -2.78. The molecule has 0 radical (unpaired) electrons. The molecule has 3 spiro atoms. The van der Waals surface area contributed by atoms with Crippen LogP contribution in [0.25, 0.3) is 0 Å². The van der Waals surface area contributed by atoms with Gasteiger partial charge in [0.1, 0.15) is 30.0 Å². The van der Waals surface area contributed by atoms with Gasteiger partial charge in [-0.1, -0.05) is 52.5 Å². The van der Waals surface area contributed by atoms with E-state index >= 15 is 0 Å². The van der Waals surface area contributed by atoms with Gasteiger partial charge in [-0.2, -0.15) is 0 Å². The number of epoxide rings is 1. The van der Waals surface area contributed by atoms with Gasteiger partial charge < -0.3 is 43.4 Å². The molecule has 2 aliphatic carbocycles. The first-order valence-electron chi connectivity index (χ1n) is 16.1. The van der Waals surface area contributed by atoms with Gasteiger partial charge in [0.25, 0.3) is 5.97 Å². The number of rotatable bonds is 3. The van der Waals surface area contributed by atoms with Crippen LogP contribution in [0.1, 0.15) is 79.6 Å². The number of aliphatic hydroxyl groups is 2. The molecular formula is C32H44O11. The molecule has 6 saturated heterocycles. The van der Waals surface area contributed by atoms with Crippen molar-refractivity contribution in [3.05, 3.63) is 12.2 Å². The normalized spacial score (nSPS) is 59.2. The average molecular weight is 605 g/mol. The lowest BCUT2D eigenvalue weighted by atomic mass is 9.49. The molecule has 8 rings (SSSR count). The molecule has 0 aromatic carbocycles. The van der Waals surface area contributed by atoms with Crippen molar-refractivity contribution in [3.63, 3.8) is 0 Å². The largest absolute Gasteiger partial charge is 0.459 e. The van der Waals surface area contributed by atoms with E-state index in [-0.39, 0.29) is 11.8 Å². The van der Waals surface area contributed by atoms with Gasteiger partial charge in [0.05, 0.1) is 12.2 Å². The van der Waals surface area contributed by atoms with Crippen LogP contribution < -0.4 is 0 Å². The van der Waals surface area contributed by atoms with Gasteiger partial charge in [0.15, 0.2) is 5.60 Å². The number of aliphatic hydroxyl groups excluding tert-OH is 2. The standard InChI is InChI=1S/C32H44O11/c1-15(2)30-22(37-18(5)34)17(4)31-20-23-28(14-33,38-23)25(35)32-21(31)19(27(6,41-32)40-26(32)36)16(3)12-10-8-7-9-11-13-29(42-30,43-31)39-24(20)30/h16-17,19-25,33,35H,1,7-14H2,2-6H3/t16-,17-,19-,20+,21+,22+,23+,24-,25-,27-,28+,29?,30+,31-,32+/m1/s1. The highest BCUT2D eigenvalue weighted by atomic mass is 16.9. The molecule has 5 bridgehead atoms. The third-order valence-electron chi connectivity index (χ3n) is 12.6. The van der Waals surface area contributed by atoms with Crippen LogP contribution in [0.3, 0.4) is 0 Å². The molecule has 43 heavy (non-hydrogen) atoms. The summed E-state index contributed by atoms with van der Waals surface area (Å²) in [4.78, 5) is 26.9. The van der Waals surface area contributed by atoms with Gasteiger partial charge in [0, 0.05) is 43.9 Å². The Kier molecular flexibility index (Phi) is 5.77. The number of carbonyl (C=O) groups is 2. The van der Waals surface area contributed by atoms with Gasteiger partial charge in [-0.05, 0) is 24.8 Å². The number of esters is 2. The van der Waals surface area contributed by atoms with Gasteiger partial charge in [-0.15, -0.1) is 0 Å². The minimum Gasteiger partial charge on any atom is -0.459 e. The van der Waals surface area contributed by atoms with E-state index < -0.39 is 94.9 Å². The fraction of sp³-hybridized carbons (Fsp3) is 0.875. The van der Waals surface area contributed by atoms with Crippen molar-refractivity contribution in [2.24, 2.45) is 29.6 Å². The highest BCUT2D eigenvalue weighted by Crippen LogP contribution is 2.77. The van der Waals surface area contributed by atoms with Crippen molar-refractivity contribution in [2.75, 3.05) is 6.61 Å². The molecule has 238 valence electrons. The third kappa shape index (κ3) is 3.07. The zero-order valence-corrected chi connectivity index (χ0v) is 25.6. The van der Waals surface area contributed by atoms with Crippen LogP contribution in [-0.4, -0.2) is 87.3 Å². The Morgan fingerprint density at radius 3 is 2.44 bits per heavy atom. The molecule has 15 atom stereocenters. The maximum absolute atomic E-state index is 14.2. The Hall–Kier alpha value is -1.60. The molecule has 6 aliphatic heterocycles. The van der Waals surface area contributed by atoms with Crippen molar-refractivity contribution >= 4 is 11.9 Å². The smallest absolute Gasteiger partial charge is 0.344 e. The summed E-state index contributed by atoms with van der Waals surface area (Å²) in [6.07, 6.45) is 2.20. The van der Waals surface area contributed by atoms with E-state index in [4.69, 9.17) is 33.2 Å². The van der Waals surface area contributed by atoms with Crippen LogP contribution in [-0.2, 0) is 42.7 Å². The number of fused-ring (bicyclic) bond motifs is 3. The predicted octanol–water partition coefficient (Wildman–Crippen LogP) is 2.50. The highest BCUT2D eigenvalue weighted by molar-refractivity contribution is 5.86. The lowest BCUT2D eigenvalue weighted by Gasteiger charge is -2.63. The number of carbonyl (C=O) groups excluding carboxylic acids is 2. The highest BCUT2D eigenvalue weighted by Gasteiger charge is 2.95. The van der Waals surface area contributed by atoms with E-state index in [1.165, 1.54) is 6.92 Å². The Morgan fingerprint density at radius 2 is 1.74 bits per heavy atom. The molecule has 0 amide bonds. The molecule has 2 saturated carbocycles. The van der Waals surface area contributed by atoms with Crippen molar-refractivity contribution in [1.29, 1.82) is 0 Å². The molecule has 11 nitrogen and oxygen atoms in total. The van der Waals surface area contributed by atoms with Crippen LogP contribution >= 0.6 is 0 Å². The molecule has 1 unspecified atom stereocenters. The van der Waals surface area contributed by atoms with Crippen molar-refractivity contribution in [1.82, 2.24) is 0 Å². The summed E-state index contributed by atoms with van der Waals surface area (Å²) in [5.41, 5.74) is -5.36. The van der Waals surface area contributed by atoms with E-state index in [0.29, 0.717) is 12.0 Å². The topological polar surface area (TPSA) is 143 Å². The molecule has 6 heterocycles. The first-order chi connectivity index (χ1) is 20.3. The van der Waals surface area contributed by atoms with Gasteiger partial charge in [-0.3, -0.25) is 4.79 Å². The van der Waals surface area contributed by atoms with E-state index in [9.17, 15) is 19.8 Å². The van der Waals surface area contributed by atoms with Crippen LogP contribution in [0, 0.1) is 29.6 Å². The summed E-state index contributed by atoms with van der Waals surface area (Å²) < 4.78 is 46.5. The second-order valence-electron chi connectivity index (χ2n) is 14.8. The second-order valence-corrected chi connectivity index (χ2v) is 14.8. The third-order valence-corrected chi connectivity index (χ3v) is 12.6. The van der Waals surface area contributed by atoms with Crippen LogP contribution in [0.15, 0.2) is 12.2 Å². The van der Waals surface area contributed by atoms with E-state index in [1.807, 2.05) is 13.8 Å². The fourth-order valence-corrected chi connectivity index (χ4v) is 11.1. The van der Waals surface area contributed by atoms with Crippen LogP contribution in [0.2, 0.25) is 0 Å². The first-order valence-corrected chi connectivity index (χ1v) is 16.1. The SMILES string of the molecule is C=C(C)[C@@]12OC34CCCCCCC[C@@H](C)[C@@H]5[C@@H]6[C@]7(O[C@@]5(C)OC7=O)[C@H](O)[C@@]5(CO)O[C@H]5[C@@H]([C@H]1O3)[C@]6(O4)[C@H](C)[C@@H]2OC(C)=O. The quantitative estimate of drug-likeness (QED) is 0.279. The van der Waals surface area contributed by atoms with Crippen LogP contribution in [0.4, 0.5) is 0 Å². The summed E-state index contributed by atoms with van der Waals surface area (Å²) in [6, 6.07) is 0. The van der Waals surface area contributed by atoms with Crippen molar-refractivity contribution < 1.29 is 53.0 Å². The zero-order chi connectivity index (χ0) is 30.5. The Labute approximate surface area is 251 Å². The molecule has 8 fully saturated rings. The van der Waals surface area contributed by atoms with Crippen molar-refractivity contribution in [3.8, 4) is 0 Å². The predicted molar refractivity (Wildman–Crippen MR) is 146 cm³/mol. The second kappa shape index (κ2) is 8.60. The fourth-order valence-electron chi connectivity index (χ4n) is 11.1. The maximum Gasteiger partial charge on any atom is 0.344 e. The summed E-state index contributed by atoms with van der Waals surface area (Å²) >= 11 is 0.